The summed E-state index contributed by atoms with van der Waals surface area (Å²) in [6.45, 7) is 8.65. The molecule has 100 valence electrons. The summed E-state index contributed by atoms with van der Waals surface area (Å²) >= 11 is 0. The standard InChI is InChI=1S/C14H29N3/c1-3-13-12-16(2)10-5-11-17(13)14-6-4-8-15-9-7-14/h13-15H,3-12H2,1-2H3. The Morgan fingerprint density at radius 3 is 2.82 bits per heavy atom. The molecule has 2 aliphatic rings. The van der Waals surface area contributed by atoms with Crippen molar-refractivity contribution in [1.29, 1.82) is 0 Å². The monoisotopic (exact) mass is 239 g/mol. The molecule has 1 N–H and O–H groups in total. The summed E-state index contributed by atoms with van der Waals surface area (Å²) in [5.41, 5.74) is 0. The summed E-state index contributed by atoms with van der Waals surface area (Å²) in [5.74, 6) is 0. The first-order chi connectivity index (χ1) is 8.31. The van der Waals surface area contributed by atoms with E-state index in [9.17, 15) is 0 Å². The van der Waals surface area contributed by atoms with Crippen molar-refractivity contribution >= 4 is 0 Å². The van der Waals surface area contributed by atoms with Crippen molar-refractivity contribution in [1.82, 2.24) is 15.1 Å². The molecule has 2 heterocycles. The summed E-state index contributed by atoms with van der Waals surface area (Å²) in [6, 6.07) is 1.62. The summed E-state index contributed by atoms with van der Waals surface area (Å²) in [7, 11) is 2.28. The first kappa shape index (κ1) is 13.3. The van der Waals surface area contributed by atoms with E-state index < -0.39 is 0 Å². The number of likely N-dealkylation sites (N-methyl/N-ethyl adjacent to an activating group) is 1. The van der Waals surface area contributed by atoms with E-state index in [2.05, 4.69) is 29.1 Å². The van der Waals surface area contributed by atoms with Crippen LogP contribution in [0, 0.1) is 0 Å². The van der Waals surface area contributed by atoms with E-state index in [0.29, 0.717) is 0 Å². The lowest BCUT2D eigenvalue weighted by Crippen LogP contribution is -2.46. The third-order valence-electron chi connectivity index (χ3n) is 4.43. The molecule has 0 amide bonds. The fourth-order valence-corrected chi connectivity index (χ4v) is 3.44. The lowest BCUT2D eigenvalue weighted by molar-refractivity contribution is 0.118. The number of hydrogen-bond donors (Lipinski definition) is 1. The fourth-order valence-electron chi connectivity index (χ4n) is 3.44. The van der Waals surface area contributed by atoms with Crippen molar-refractivity contribution in [3.63, 3.8) is 0 Å². The Balaban J connectivity index is 1.99. The minimum Gasteiger partial charge on any atom is -0.317 e. The van der Waals surface area contributed by atoms with Crippen LogP contribution in [0.4, 0.5) is 0 Å². The smallest absolute Gasteiger partial charge is 0.0223 e. The van der Waals surface area contributed by atoms with Crippen molar-refractivity contribution < 1.29 is 0 Å². The molecular weight excluding hydrogens is 210 g/mol. The van der Waals surface area contributed by atoms with Gasteiger partial charge in [-0.25, -0.2) is 0 Å². The highest BCUT2D eigenvalue weighted by atomic mass is 15.3. The Hall–Kier alpha value is -0.120. The molecule has 0 saturated carbocycles. The third-order valence-corrected chi connectivity index (χ3v) is 4.43. The van der Waals surface area contributed by atoms with Crippen molar-refractivity contribution in [2.24, 2.45) is 0 Å². The highest BCUT2D eigenvalue weighted by molar-refractivity contribution is 4.85. The van der Waals surface area contributed by atoms with Crippen LogP contribution in [0.3, 0.4) is 0 Å². The van der Waals surface area contributed by atoms with Gasteiger partial charge >= 0.3 is 0 Å². The molecule has 2 unspecified atom stereocenters. The second-order valence-corrected chi connectivity index (χ2v) is 5.75. The quantitative estimate of drug-likeness (QED) is 0.789. The molecule has 3 heteroatoms. The minimum absolute atomic E-state index is 0.783. The molecule has 17 heavy (non-hydrogen) atoms. The SMILES string of the molecule is CCC1CN(C)CCCN1C1CCCNCC1. The largest absolute Gasteiger partial charge is 0.317 e. The van der Waals surface area contributed by atoms with Crippen molar-refractivity contribution in [3.8, 4) is 0 Å². The van der Waals surface area contributed by atoms with Crippen LogP contribution >= 0.6 is 0 Å². The fraction of sp³-hybridized carbons (Fsp3) is 1.00. The molecule has 0 spiro atoms. The van der Waals surface area contributed by atoms with Crippen LogP contribution in [0.25, 0.3) is 0 Å². The number of rotatable bonds is 2. The van der Waals surface area contributed by atoms with Gasteiger partial charge in [-0.15, -0.1) is 0 Å². The van der Waals surface area contributed by atoms with Gasteiger partial charge in [-0.2, -0.15) is 0 Å². The van der Waals surface area contributed by atoms with Gasteiger partial charge in [-0.1, -0.05) is 6.92 Å². The molecule has 2 rings (SSSR count). The van der Waals surface area contributed by atoms with Gasteiger partial charge in [0.2, 0.25) is 0 Å². The second kappa shape index (κ2) is 6.72. The highest BCUT2D eigenvalue weighted by Crippen LogP contribution is 2.21. The highest BCUT2D eigenvalue weighted by Gasteiger charge is 2.28. The molecule has 0 bridgehead atoms. The number of nitrogens with zero attached hydrogens (tertiary/aromatic N) is 2. The van der Waals surface area contributed by atoms with Gasteiger partial charge < -0.3 is 10.2 Å². The van der Waals surface area contributed by atoms with E-state index in [4.69, 9.17) is 0 Å². The third kappa shape index (κ3) is 3.67. The Bertz CT molecular complexity index is 212. The van der Waals surface area contributed by atoms with Gasteiger partial charge in [0.05, 0.1) is 0 Å². The number of hydrogen-bond acceptors (Lipinski definition) is 3. The molecule has 0 aliphatic carbocycles. The maximum Gasteiger partial charge on any atom is 0.0223 e. The van der Waals surface area contributed by atoms with E-state index in [0.717, 1.165) is 12.1 Å². The molecule has 2 aliphatic heterocycles. The lowest BCUT2D eigenvalue weighted by atomic mass is 10.0. The van der Waals surface area contributed by atoms with E-state index >= 15 is 0 Å². The zero-order valence-electron chi connectivity index (χ0n) is 11.6. The van der Waals surface area contributed by atoms with Gasteiger partial charge in [0.15, 0.2) is 0 Å². The number of nitrogens with one attached hydrogen (secondary N) is 1. The van der Waals surface area contributed by atoms with Crippen LogP contribution < -0.4 is 5.32 Å². The zero-order chi connectivity index (χ0) is 12.1. The summed E-state index contributed by atoms with van der Waals surface area (Å²) in [4.78, 5) is 5.35. The van der Waals surface area contributed by atoms with Crippen LogP contribution in [0.5, 0.6) is 0 Å². The summed E-state index contributed by atoms with van der Waals surface area (Å²) in [6.07, 6.45) is 6.74. The maximum absolute atomic E-state index is 3.54. The van der Waals surface area contributed by atoms with E-state index in [1.54, 1.807) is 0 Å². The van der Waals surface area contributed by atoms with Crippen LogP contribution in [0.15, 0.2) is 0 Å². The molecule has 2 fully saturated rings. The molecule has 2 saturated heterocycles. The predicted octanol–water partition coefficient (Wildman–Crippen LogP) is 1.54. The van der Waals surface area contributed by atoms with Crippen LogP contribution in [-0.2, 0) is 0 Å². The summed E-state index contributed by atoms with van der Waals surface area (Å²) < 4.78 is 0. The Morgan fingerprint density at radius 2 is 2.00 bits per heavy atom. The van der Waals surface area contributed by atoms with Gasteiger partial charge in [-0.3, -0.25) is 4.90 Å². The van der Waals surface area contributed by atoms with Crippen molar-refractivity contribution in [3.05, 3.63) is 0 Å². The maximum atomic E-state index is 3.54. The Kier molecular flexibility index (Phi) is 5.26. The zero-order valence-corrected chi connectivity index (χ0v) is 11.6. The molecule has 0 radical (unpaired) electrons. The molecule has 0 aromatic heterocycles. The average molecular weight is 239 g/mol. The van der Waals surface area contributed by atoms with Gasteiger partial charge in [0.25, 0.3) is 0 Å². The van der Waals surface area contributed by atoms with Crippen LogP contribution in [0.1, 0.15) is 39.0 Å². The van der Waals surface area contributed by atoms with Gasteiger partial charge in [0.1, 0.15) is 0 Å². The van der Waals surface area contributed by atoms with E-state index in [1.807, 2.05) is 0 Å². The molecule has 0 aromatic rings. The van der Waals surface area contributed by atoms with Crippen LogP contribution in [-0.4, -0.2) is 61.7 Å². The topological polar surface area (TPSA) is 18.5 Å². The van der Waals surface area contributed by atoms with Crippen molar-refractivity contribution in [2.75, 3.05) is 39.8 Å². The molecular formula is C14H29N3. The first-order valence-electron chi connectivity index (χ1n) is 7.46. The average Bonchev–Trinajstić information content (AvgIpc) is 2.68. The Morgan fingerprint density at radius 1 is 1.12 bits per heavy atom. The second-order valence-electron chi connectivity index (χ2n) is 5.75. The van der Waals surface area contributed by atoms with Crippen LogP contribution in [0.2, 0.25) is 0 Å². The van der Waals surface area contributed by atoms with E-state index in [1.165, 1.54) is 64.8 Å². The van der Waals surface area contributed by atoms with Crippen molar-refractivity contribution in [2.45, 2.75) is 51.1 Å². The normalized spacial score (nSPS) is 34.2. The molecule has 2 atom stereocenters. The van der Waals surface area contributed by atoms with Gasteiger partial charge in [-0.05, 0) is 65.3 Å². The van der Waals surface area contributed by atoms with Gasteiger partial charge in [0, 0.05) is 18.6 Å². The lowest BCUT2D eigenvalue weighted by Gasteiger charge is -2.36. The summed E-state index contributed by atoms with van der Waals surface area (Å²) in [5, 5.41) is 3.54. The molecule has 3 nitrogen and oxygen atoms in total. The molecule has 0 aromatic carbocycles. The first-order valence-corrected chi connectivity index (χ1v) is 7.46. The predicted molar refractivity (Wildman–Crippen MR) is 73.4 cm³/mol. The minimum atomic E-state index is 0.783. The van der Waals surface area contributed by atoms with E-state index in [-0.39, 0.29) is 0 Å². The Labute approximate surface area is 107 Å².